The van der Waals surface area contributed by atoms with Crippen molar-refractivity contribution in [1.82, 2.24) is 9.21 Å². The molecule has 0 N–H and O–H groups in total. The Bertz CT molecular complexity index is 879. The van der Waals surface area contributed by atoms with Gasteiger partial charge in [0.2, 0.25) is 10.0 Å². The molecule has 3 rings (SSSR count). The Kier molecular flexibility index (Phi) is 5.67. The maximum atomic E-state index is 12.7. The van der Waals surface area contributed by atoms with Crippen LogP contribution in [-0.4, -0.2) is 49.7 Å². The van der Waals surface area contributed by atoms with Gasteiger partial charge in [0.15, 0.2) is 0 Å². The van der Waals surface area contributed by atoms with Crippen molar-refractivity contribution in [3.8, 4) is 0 Å². The van der Waals surface area contributed by atoms with E-state index in [0.717, 1.165) is 3.57 Å². The lowest BCUT2D eigenvalue weighted by atomic mass is 10.2. The minimum Gasteiger partial charge on any atom is -0.336 e. The summed E-state index contributed by atoms with van der Waals surface area (Å²) in [6, 6.07) is 13.7. The number of amides is 1. The lowest BCUT2D eigenvalue weighted by Crippen LogP contribution is -2.50. The molecule has 0 aliphatic carbocycles. The van der Waals surface area contributed by atoms with Crippen LogP contribution in [0, 0.1) is 3.57 Å². The highest BCUT2D eigenvalue weighted by Crippen LogP contribution is 2.25. The predicted molar refractivity (Wildman–Crippen MR) is 105 cm³/mol. The minimum absolute atomic E-state index is 0.0776. The summed E-state index contributed by atoms with van der Waals surface area (Å²) in [7, 11) is -3.65. The maximum absolute atomic E-state index is 12.7. The highest BCUT2D eigenvalue weighted by atomic mass is 127. The zero-order chi connectivity index (χ0) is 18.0. The van der Waals surface area contributed by atoms with Gasteiger partial charge in [0.25, 0.3) is 5.91 Å². The molecule has 0 spiro atoms. The van der Waals surface area contributed by atoms with Gasteiger partial charge >= 0.3 is 0 Å². The van der Waals surface area contributed by atoms with Crippen LogP contribution in [0.15, 0.2) is 53.4 Å². The summed E-state index contributed by atoms with van der Waals surface area (Å²) in [5.41, 5.74) is 0.614. The van der Waals surface area contributed by atoms with Crippen molar-refractivity contribution in [2.24, 2.45) is 0 Å². The number of halogens is 2. The standard InChI is InChI=1S/C17H16ClIN2O3S/c18-15-3-1-2-4-16(15)25(23,24)21-11-9-20(10-12-21)17(22)13-5-7-14(19)8-6-13/h1-8H,9-12H2. The summed E-state index contributed by atoms with van der Waals surface area (Å²) in [6.45, 7) is 1.22. The first-order chi connectivity index (χ1) is 11.9. The van der Waals surface area contributed by atoms with E-state index in [1.165, 1.54) is 10.4 Å². The number of benzene rings is 2. The number of nitrogens with zero attached hydrogens (tertiary/aromatic N) is 2. The van der Waals surface area contributed by atoms with E-state index in [2.05, 4.69) is 22.6 Å². The molecule has 0 unspecified atom stereocenters. The molecular weight excluding hydrogens is 475 g/mol. The molecule has 1 aliphatic heterocycles. The van der Waals surface area contributed by atoms with Gasteiger partial charge in [0.1, 0.15) is 4.90 Å². The van der Waals surface area contributed by atoms with E-state index in [4.69, 9.17) is 11.6 Å². The van der Waals surface area contributed by atoms with Crippen molar-refractivity contribution in [2.45, 2.75) is 4.90 Å². The second-order valence-electron chi connectivity index (χ2n) is 5.63. The van der Waals surface area contributed by atoms with Crippen molar-refractivity contribution in [1.29, 1.82) is 0 Å². The molecule has 0 saturated carbocycles. The molecule has 132 valence electrons. The van der Waals surface area contributed by atoms with Gasteiger partial charge in [-0.1, -0.05) is 23.7 Å². The molecule has 1 fully saturated rings. The Morgan fingerprint density at radius 3 is 2.16 bits per heavy atom. The molecule has 1 saturated heterocycles. The first-order valence-electron chi connectivity index (χ1n) is 7.69. The molecule has 0 radical (unpaired) electrons. The van der Waals surface area contributed by atoms with Crippen molar-refractivity contribution < 1.29 is 13.2 Å². The monoisotopic (exact) mass is 490 g/mol. The lowest BCUT2D eigenvalue weighted by Gasteiger charge is -2.34. The van der Waals surface area contributed by atoms with Crippen LogP contribution in [0.5, 0.6) is 0 Å². The maximum Gasteiger partial charge on any atom is 0.253 e. The van der Waals surface area contributed by atoms with Crippen LogP contribution >= 0.6 is 34.2 Å². The molecule has 25 heavy (non-hydrogen) atoms. The SMILES string of the molecule is O=C(c1ccc(I)cc1)N1CCN(S(=O)(=O)c2ccccc2Cl)CC1. The fourth-order valence-electron chi connectivity index (χ4n) is 2.70. The number of hydrogen-bond acceptors (Lipinski definition) is 3. The van der Waals surface area contributed by atoms with Gasteiger partial charge in [0, 0.05) is 35.3 Å². The highest BCUT2D eigenvalue weighted by molar-refractivity contribution is 14.1. The Morgan fingerprint density at radius 1 is 0.960 bits per heavy atom. The zero-order valence-electron chi connectivity index (χ0n) is 13.2. The summed E-state index contributed by atoms with van der Waals surface area (Å²) in [6.07, 6.45) is 0. The van der Waals surface area contributed by atoms with Gasteiger partial charge < -0.3 is 4.90 Å². The minimum atomic E-state index is -3.65. The summed E-state index contributed by atoms with van der Waals surface area (Å²) in [4.78, 5) is 14.3. The van der Waals surface area contributed by atoms with Gasteiger partial charge in [-0.2, -0.15) is 4.31 Å². The number of carbonyl (C=O) groups is 1. The topological polar surface area (TPSA) is 57.7 Å². The number of piperazine rings is 1. The number of rotatable bonds is 3. The fraction of sp³-hybridized carbons (Fsp3) is 0.235. The van der Waals surface area contributed by atoms with Gasteiger partial charge in [-0.15, -0.1) is 0 Å². The lowest BCUT2D eigenvalue weighted by molar-refractivity contribution is 0.0698. The van der Waals surface area contributed by atoms with Gasteiger partial charge in [0.05, 0.1) is 5.02 Å². The van der Waals surface area contributed by atoms with E-state index < -0.39 is 10.0 Å². The molecule has 0 atom stereocenters. The van der Waals surface area contributed by atoms with Crippen molar-refractivity contribution in [3.05, 3.63) is 62.7 Å². The average Bonchev–Trinajstić information content (AvgIpc) is 2.62. The van der Waals surface area contributed by atoms with Crippen molar-refractivity contribution in [2.75, 3.05) is 26.2 Å². The molecule has 1 heterocycles. The molecule has 0 aromatic heterocycles. The Balaban J connectivity index is 1.70. The van der Waals surface area contributed by atoms with E-state index in [1.54, 1.807) is 35.2 Å². The van der Waals surface area contributed by atoms with E-state index in [0.29, 0.717) is 18.7 Å². The molecule has 2 aromatic carbocycles. The third kappa shape index (κ3) is 3.99. The van der Waals surface area contributed by atoms with Crippen LogP contribution in [0.1, 0.15) is 10.4 Å². The third-order valence-electron chi connectivity index (χ3n) is 4.07. The van der Waals surface area contributed by atoms with Crippen molar-refractivity contribution >= 4 is 50.1 Å². The summed E-state index contributed by atoms with van der Waals surface area (Å²) in [5.74, 6) is -0.0776. The third-order valence-corrected chi connectivity index (χ3v) is 7.19. The quantitative estimate of drug-likeness (QED) is 0.622. The summed E-state index contributed by atoms with van der Waals surface area (Å²) < 4.78 is 27.9. The van der Waals surface area contributed by atoms with Crippen LogP contribution in [0.2, 0.25) is 5.02 Å². The van der Waals surface area contributed by atoms with Gasteiger partial charge in [-0.3, -0.25) is 4.79 Å². The van der Waals surface area contributed by atoms with Crippen LogP contribution < -0.4 is 0 Å². The largest absolute Gasteiger partial charge is 0.336 e. The van der Waals surface area contributed by atoms with E-state index in [-0.39, 0.29) is 28.9 Å². The molecular formula is C17H16ClIN2O3S. The van der Waals surface area contributed by atoms with E-state index >= 15 is 0 Å². The van der Waals surface area contributed by atoms with Crippen LogP contribution in [0.4, 0.5) is 0 Å². The second-order valence-corrected chi connectivity index (χ2v) is 9.19. The van der Waals surface area contributed by atoms with E-state index in [1.807, 2.05) is 12.1 Å². The first-order valence-corrected chi connectivity index (χ1v) is 10.6. The second kappa shape index (κ2) is 7.61. The number of carbonyl (C=O) groups excluding carboxylic acids is 1. The van der Waals surface area contributed by atoms with Gasteiger partial charge in [-0.05, 0) is 59.0 Å². The molecule has 5 nitrogen and oxygen atoms in total. The Morgan fingerprint density at radius 2 is 1.56 bits per heavy atom. The number of sulfonamides is 1. The molecule has 8 heteroatoms. The highest BCUT2D eigenvalue weighted by Gasteiger charge is 2.31. The Hall–Kier alpha value is -1.16. The zero-order valence-corrected chi connectivity index (χ0v) is 17.0. The first kappa shape index (κ1) is 18.6. The summed E-state index contributed by atoms with van der Waals surface area (Å²) >= 11 is 8.21. The smallest absolute Gasteiger partial charge is 0.253 e. The number of hydrogen-bond donors (Lipinski definition) is 0. The fourth-order valence-corrected chi connectivity index (χ4v) is 4.97. The van der Waals surface area contributed by atoms with Crippen LogP contribution in [0.3, 0.4) is 0 Å². The average molecular weight is 491 g/mol. The van der Waals surface area contributed by atoms with Crippen molar-refractivity contribution in [3.63, 3.8) is 0 Å². The normalized spacial score (nSPS) is 16.0. The molecule has 2 aromatic rings. The Labute approximate surface area is 165 Å². The predicted octanol–water partition coefficient (Wildman–Crippen LogP) is 3.09. The summed E-state index contributed by atoms with van der Waals surface area (Å²) in [5, 5.41) is 0.208. The molecule has 0 bridgehead atoms. The van der Waals surface area contributed by atoms with Crippen LogP contribution in [-0.2, 0) is 10.0 Å². The van der Waals surface area contributed by atoms with Crippen LogP contribution in [0.25, 0.3) is 0 Å². The van der Waals surface area contributed by atoms with Gasteiger partial charge in [-0.25, -0.2) is 8.42 Å². The van der Waals surface area contributed by atoms with E-state index in [9.17, 15) is 13.2 Å². The molecule has 1 amide bonds. The molecule has 1 aliphatic rings.